The molecule has 4 rings (SSSR count). The van der Waals surface area contributed by atoms with Crippen molar-refractivity contribution in [3.8, 4) is 0 Å². The molecule has 0 bridgehead atoms. The number of carbonyl (C=O) groups excluding carboxylic acids is 3. The van der Waals surface area contributed by atoms with Crippen LogP contribution in [0.5, 0.6) is 0 Å². The highest BCUT2D eigenvalue weighted by Crippen LogP contribution is 2.34. The molecule has 0 spiro atoms. The molecule has 0 unspecified atom stereocenters. The fraction of sp³-hybridized carbons (Fsp3) is 0.516. The number of nitrogens with one attached hydrogen (secondary N) is 2. The number of amides is 3. The molecule has 0 radical (unpaired) electrons. The first-order valence-corrected chi connectivity index (χ1v) is 15.4. The lowest BCUT2D eigenvalue weighted by Gasteiger charge is -2.50. The number of hydrogen-bond donors (Lipinski definition) is 3. The van der Waals surface area contributed by atoms with E-state index < -0.39 is 6.04 Å². The van der Waals surface area contributed by atoms with Crippen LogP contribution in [0.2, 0.25) is 10.0 Å². The van der Waals surface area contributed by atoms with E-state index in [9.17, 15) is 18.8 Å². The number of benzene rings is 2. The maximum atomic E-state index is 13.7. The molecule has 228 valence electrons. The van der Waals surface area contributed by atoms with Crippen molar-refractivity contribution < 1.29 is 18.8 Å². The van der Waals surface area contributed by atoms with E-state index in [-0.39, 0.29) is 54.9 Å². The summed E-state index contributed by atoms with van der Waals surface area (Å²) < 4.78 is 13.2. The number of piperazine rings is 1. The van der Waals surface area contributed by atoms with E-state index in [1.807, 2.05) is 0 Å². The van der Waals surface area contributed by atoms with Crippen LogP contribution in [0.1, 0.15) is 49.7 Å². The Morgan fingerprint density at radius 1 is 0.952 bits per heavy atom. The van der Waals surface area contributed by atoms with Gasteiger partial charge in [-0.3, -0.25) is 19.3 Å². The summed E-state index contributed by atoms with van der Waals surface area (Å²) in [7, 11) is 0. The average molecular weight is 621 g/mol. The summed E-state index contributed by atoms with van der Waals surface area (Å²) in [5.74, 6) is -0.846. The minimum Gasteiger partial charge on any atom is -0.354 e. The molecule has 1 aliphatic carbocycles. The second kappa shape index (κ2) is 15.1. The zero-order valence-corrected chi connectivity index (χ0v) is 25.4. The smallest absolute Gasteiger partial charge is 0.245 e. The Bertz CT molecular complexity index is 1230. The van der Waals surface area contributed by atoms with Crippen molar-refractivity contribution >= 4 is 40.9 Å². The number of nitrogens with two attached hydrogens (primary N) is 1. The van der Waals surface area contributed by atoms with Gasteiger partial charge < -0.3 is 21.3 Å². The van der Waals surface area contributed by atoms with Crippen LogP contribution in [0.25, 0.3) is 0 Å². The van der Waals surface area contributed by atoms with Gasteiger partial charge in [-0.2, -0.15) is 0 Å². The van der Waals surface area contributed by atoms with Gasteiger partial charge in [-0.15, -0.1) is 0 Å². The van der Waals surface area contributed by atoms with Crippen LogP contribution in [-0.2, 0) is 27.2 Å². The van der Waals surface area contributed by atoms with Gasteiger partial charge in [0.25, 0.3) is 0 Å². The van der Waals surface area contributed by atoms with Gasteiger partial charge in [-0.05, 0) is 48.2 Å². The van der Waals surface area contributed by atoms with Crippen molar-refractivity contribution in [2.75, 3.05) is 39.3 Å². The fourth-order valence-electron chi connectivity index (χ4n) is 6.05. The van der Waals surface area contributed by atoms with Gasteiger partial charge in [0.2, 0.25) is 17.7 Å². The molecular weight excluding hydrogens is 580 g/mol. The maximum absolute atomic E-state index is 13.7. The van der Waals surface area contributed by atoms with Gasteiger partial charge in [-0.25, -0.2) is 4.39 Å². The van der Waals surface area contributed by atoms with E-state index in [4.69, 9.17) is 28.9 Å². The Labute approximate surface area is 257 Å². The predicted molar refractivity (Wildman–Crippen MR) is 163 cm³/mol. The summed E-state index contributed by atoms with van der Waals surface area (Å²) in [4.78, 5) is 43.2. The summed E-state index contributed by atoms with van der Waals surface area (Å²) in [5.41, 5.74) is 6.89. The molecule has 8 nitrogen and oxygen atoms in total. The summed E-state index contributed by atoms with van der Waals surface area (Å²) >= 11 is 12.4. The molecule has 11 heteroatoms. The minimum atomic E-state index is -0.774. The zero-order chi connectivity index (χ0) is 30.1. The van der Waals surface area contributed by atoms with Crippen molar-refractivity contribution in [3.05, 3.63) is 69.5 Å². The van der Waals surface area contributed by atoms with Gasteiger partial charge in [0, 0.05) is 67.7 Å². The predicted octanol–water partition coefficient (Wildman–Crippen LogP) is 3.71. The first-order chi connectivity index (χ1) is 20.2. The van der Waals surface area contributed by atoms with Gasteiger partial charge in [0.05, 0.1) is 6.42 Å². The van der Waals surface area contributed by atoms with Gasteiger partial charge in [0.1, 0.15) is 11.9 Å². The number of carbonyl (C=O) groups is 3. The molecule has 42 heavy (non-hydrogen) atoms. The number of rotatable bonds is 11. The summed E-state index contributed by atoms with van der Waals surface area (Å²) in [5, 5.41) is 6.94. The standard InChI is InChI=1S/C31H40Cl2FN5O3/c32-24-7-6-23(26(33)20-24)19-27(37-28(40)10-13-35)30(42)38-14-16-39(17-15-38)31(11-2-1-3-12-31)21-36-29(41)18-22-4-8-25(34)9-5-22/h4-9,20,27H,1-3,10-19,21,35H2,(H,36,41)(H,37,40)/t27-/m1/s1. The molecule has 1 saturated carbocycles. The third-order valence-corrected chi connectivity index (χ3v) is 8.97. The topological polar surface area (TPSA) is 108 Å². The Hall–Kier alpha value is -2.72. The fourth-order valence-corrected chi connectivity index (χ4v) is 6.54. The third kappa shape index (κ3) is 8.66. The van der Waals surface area contributed by atoms with E-state index >= 15 is 0 Å². The first-order valence-electron chi connectivity index (χ1n) is 14.7. The monoisotopic (exact) mass is 619 g/mol. The molecule has 2 aliphatic rings. The number of halogens is 3. The second-order valence-electron chi connectivity index (χ2n) is 11.3. The van der Waals surface area contributed by atoms with E-state index in [1.54, 1.807) is 35.2 Å². The van der Waals surface area contributed by atoms with Crippen LogP contribution in [0, 0.1) is 5.82 Å². The van der Waals surface area contributed by atoms with E-state index in [0.717, 1.165) is 36.8 Å². The highest BCUT2D eigenvalue weighted by molar-refractivity contribution is 6.35. The highest BCUT2D eigenvalue weighted by Gasteiger charge is 2.40. The summed E-state index contributed by atoms with van der Waals surface area (Å²) in [6, 6.07) is 10.3. The molecule has 1 saturated heterocycles. The molecule has 3 amide bonds. The normalized spacial score (nSPS) is 17.9. The Kier molecular flexibility index (Phi) is 11.6. The van der Waals surface area contributed by atoms with Crippen molar-refractivity contribution in [2.45, 2.75) is 62.9 Å². The molecule has 1 atom stereocenters. The van der Waals surface area contributed by atoms with Crippen molar-refractivity contribution in [1.82, 2.24) is 20.4 Å². The molecule has 2 fully saturated rings. The van der Waals surface area contributed by atoms with Gasteiger partial charge in [0.15, 0.2) is 0 Å². The molecule has 1 heterocycles. The number of hydrogen-bond acceptors (Lipinski definition) is 5. The van der Waals surface area contributed by atoms with Crippen LogP contribution in [0.15, 0.2) is 42.5 Å². The van der Waals surface area contributed by atoms with Crippen molar-refractivity contribution in [1.29, 1.82) is 0 Å². The SMILES string of the molecule is NCCC(=O)N[C@H](Cc1ccc(Cl)cc1Cl)C(=O)N1CCN(C2(CNC(=O)Cc3ccc(F)cc3)CCCCC2)CC1. The lowest BCUT2D eigenvalue weighted by Crippen LogP contribution is -2.63. The molecule has 1 aliphatic heterocycles. The highest BCUT2D eigenvalue weighted by atomic mass is 35.5. The van der Waals surface area contributed by atoms with E-state index in [1.165, 1.54) is 18.6 Å². The Balaban J connectivity index is 1.39. The lowest BCUT2D eigenvalue weighted by molar-refractivity contribution is -0.139. The molecular formula is C31H40Cl2FN5O3. The molecule has 4 N–H and O–H groups in total. The van der Waals surface area contributed by atoms with Crippen LogP contribution in [-0.4, -0.2) is 78.4 Å². The van der Waals surface area contributed by atoms with E-state index in [0.29, 0.717) is 42.8 Å². The largest absolute Gasteiger partial charge is 0.354 e. The van der Waals surface area contributed by atoms with Gasteiger partial charge >= 0.3 is 0 Å². The quantitative estimate of drug-likeness (QED) is 0.355. The van der Waals surface area contributed by atoms with Gasteiger partial charge in [-0.1, -0.05) is 60.7 Å². The second-order valence-corrected chi connectivity index (χ2v) is 12.1. The van der Waals surface area contributed by atoms with Crippen LogP contribution in [0.4, 0.5) is 4.39 Å². The summed E-state index contributed by atoms with van der Waals surface area (Å²) in [6.07, 6.45) is 5.87. The first kappa shape index (κ1) is 32.2. The van der Waals surface area contributed by atoms with Crippen LogP contribution >= 0.6 is 23.2 Å². The molecule has 0 aromatic heterocycles. The minimum absolute atomic E-state index is 0.0858. The number of nitrogens with zero attached hydrogens (tertiary/aromatic N) is 2. The Morgan fingerprint density at radius 2 is 1.64 bits per heavy atom. The molecule has 2 aromatic rings. The Morgan fingerprint density at radius 3 is 2.29 bits per heavy atom. The van der Waals surface area contributed by atoms with Crippen molar-refractivity contribution in [2.24, 2.45) is 5.73 Å². The van der Waals surface area contributed by atoms with Crippen molar-refractivity contribution in [3.63, 3.8) is 0 Å². The molecule has 2 aromatic carbocycles. The van der Waals surface area contributed by atoms with Crippen LogP contribution in [0.3, 0.4) is 0 Å². The zero-order valence-electron chi connectivity index (χ0n) is 23.8. The third-order valence-electron chi connectivity index (χ3n) is 8.38. The summed E-state index contributed by atoms with van der Waals surface area (Å²) in [6.45, 7) is 3.10. The van der Waals surface area contributed by atoms with Crippen LogP contribution < -0.4 is 16.4 Å². The lowest BCUT2D eigenvalue weighted by atomic mass is 9.79. The average Bonchev–Trinajstić information content (AvgIpc) is 2.98. The van der Waals surface area contributed by atoms with E-state index in [2.05, 4.69) is 15.5 Å². The maximum Gasteiger partial charge on any atom is 0.245 e.